The van der Waals surface area contributed by atoms with Crippen LogP contribution < -0.4 is 16.4 Å². The van der Waals surface area contributed by atoms with E-state index in [1.807, 2.05) is 30.3 Å². The van der Waals surface area contributed by atoms with Crippen molar-refractivity contribution in [2.75, 3.05) is 25.0 Å². The molecule has 4 N–H and O–H groups in total. The molecule has 11 heteroatoms. The molecular formula is C29H35FN6O4. The molecule has 0 bridgehead atoms. The highest BCUT2D eigenvalue weighted by Gasteiger charge is 2.32. The number of anilines is 1. The van der Waals surface area contributed by atoms with Crippen LogP contribution in [-0.4, -0.2) is 63.4 Å². The minimum atomic E-state index is -1.22. The van der Waals surface area contributed by atoms with E-state index in [0.29, 0.717) is 13.1 Å². The third-order valence-electron chi connectivity index (χ3n) is 6.61. The van der Waals surface area contributed by atoms with Crippen LogP contribution in [0.5, 0.6) is 0 Å². The molecule has 0 aliphatic carbocycles. The van der Waals surface area contributed by atoms with Crippen molar-refractivity contribution < 1.29 is 23.5 Å². The second-order valence-electron chi connectivity index (χ2n) is 10.4. The van der Waals surface area contributed by atoms with Crippen molar-refractivity contribution in [1.82, 2.24) is 19.8 Å². The number of hydrogen-bond acceptors (Lipinski definition) is 6. The van der Waals surface area contributed by atoms with E-state index in [0.717, 1.165) is 18.4 Å². The molecule has 0 saturated carbocycles. The number of hydrogen-bond donors (Lipinski definition) is 3. The fourth-order valence-corrected chi connectivity index (χ4v) is 4.38. The van der Waals surface area contributed by atoms with Crippen LogP contribution >= 0.6 is 0 Å². The van der Waals surface area contributed by atoms with E-state index >= 15 is 0 Å². The first-order valence-electron chi connectivity index (χ1n) is 13.2. The van der Waals surface area contributed by atoms with Crippen LogP contribution in [0.3, 0.4) is 0 Å². The van der Waals surface area contributed by atoms with Gasteiger partial charge < -0.3 is 30.6 Å². The van der Waals surface area contributed by atoms with Crippen molar-refractivity contribution in [2.45, 2.75) is 50.9 Å². The maximum atomic E-state index is 14.8. The van der Waals surface area contributed by atoms with Gasteiger partial charge in [0.25, 0.3) is 5.91 Å². The summed E-state index contributed by atoms with van der Waals surface area (Å²) in [4.78, 5) is 45.2. The van der Waals surface area contributed by atoms with Gasteiger partial charge in [-0.1, -0.05) is 48.5 Å². The summed E-state index contributed by atoms with van der Waals surface area (Å²) in [6, 6.07) is 13.5. The molecule has 40 heavy (non-hydrogen) atoms. The fraction of sp³-hybridized carbons (Fsp3) is 0.379. The maximum absolute atomic E-state index is 14.8. The van der Waals surface area contributed by atoms with Crippen LogP contribution in [-0.2, 0) is 25.7 Å². The predicted octanol–water partition coefficient (Wildman–Crippen LogP) is 2.61. The molecule has 1 aliphatic rings. The minimum absolute atomic E-state index is 0.117. The molecule has 2 unspecified atom stereocenters. The Kier molecular flexibility index (Phi) is 9.28. The van der Waals surface area contributed by atoms with Crippen LogP contribution in [0.4, 0.5) is 10.2 Å². The number of benzene rings is 2. The summed E-state index contributed by atoms with van der Waals surface area (Å²) in [6.07, 6.45) is 4.63. The van der Waals surface area contributed by atoms with Crippen molar-refractivity contribution >= 4 is 23.5 Å². The van der Waals surface area contributed by atoms with E-state index in [1.54, 1.807) is 23.1 Å². The lowest BCUT2D eigenvalue weighted by Crippen LogP contribution is -2.56. The van der Waals surface area contributed by atoms with E-state index in [-0.39, 0.29) is 30.5 Å². The molecule has 1 aliphatic heterocycles. The molecule has 1 aromatic heterocycles. The Morgan fingerprint density at radius 1 is 1.07 bits per heavy atom. The van der Waals surface area contributed by atoms with E-state index in [9.17, 15) is 18.8 Å². The zero-order chi connectivity index (χ0) is 28.7. The average Bonchev–Trinajstić information content (AvgIpc) is 3.62. The lowest BCUT2D eigenvalue weighted by atomic mass is 10.0. The van der Waals surface area contributed by atoms with E-state index in [1.165, 1.54) is 37.0 Å². The summed E-state index contributed by atoms with van der Waals surface area (Å²) in [5, 5.41) is 5.31. The summed E-state index contributed by atoms with van der Waals surface area (Å²) in [5.41, 5.74) is 5.81. The summed E-state index contributed by atoms with van der Waals surface area (Å²) in [5.74, 6) is -1.74. The van der Waals surface area contributed by atoms with Gasteiger partial charge in [-0.2, -0.15) is 0 Å². The molecule has 0 spiro atoms. The SMILES string of the molecule is CC(C)(N)C(=O)NC(COCc1ccccc1)C(=O)Nc1cn(C(C(=O)N2CCCC2)c2ccccc2F)cn1. The summed E-state index contributed by atoms with van der Waals surface area (Å²) in [7, 11) is 0. The van der Waals surface area contributed by atoms with Crippen LogP contribution in [0.25, 0.3) is 0 Å². The van der Waals surface area contributed by atoms with Gasteiger partial charge in [-0.15, -0.1) is 0 Å². The molecule has 2 aromatic carbocycles. The van der Waals surface area contributed by atoms with Gasteiger partial charge in [0.2, 0.25) is 11.8 Å². The first-order chi connectivity index (χ1) is 19.1. The summed E-state index contributed by atoms with van der Waals surface area (Å²) < 4.78 is 22.0. The fourth-order valence-electron chi connectivity index (χ4n) is 4.38. The van der Waals surface area contributed by atoms with Gasteiger partial charge in [-0.05, 0) is 38.3 Å². The van der Waals surface area contributed by atoms with Crippen molar-refractivity contribution in [3.05, 3.63) is 84.1 Å². The van der Waals surface area contributed by atoms with Gasteiger partial charge >= 0.3 is 0 Å². The van der Waals surface area contributed by atoms with Gasteiger partial charge in [0.15, 0.2) is 5.82 Å². The molecule has 2 heterocycles. The highest BCUT2D eigenvalue weighted by atomic mass is 19.1. The Hall–Kier alpha value is -4.09. The maximum Gasteiger partial charge on any atom is 0.250 e. The number of halogens is 1. The Bertz CT molecular complexity index is 1320. The number of rotatable bonds is 11. The summed E-state index contributed by atoms with van der Waals surface area (Å²) in [6.45, 7) is 4.39. The highest BCUT2D eigenvalue weighted by molar-refractivity contribution is 5.98. The zero-order valence-electron chi connectivity index (χ0n) is 22.7. The van der Waals surface area contributed by atoms with Gasteiger partial charge in [0, 0.05) is 24.8 Å². The molecule has 1 saturated heterocycles. The average molecular weight is 551 g/mol. The molecule has 4 rings (SSSR count). The predicted molar refractivity (Wildman–Crippen MR) is 148 cm³/mol. The van der Waals surface area contributed by atoms with Crippen LogP contribution in [0.15, 0.2) is 67.1 Å². The Morgan fingerprint density at radius 3 is 2.42 bits per heavy atom. The van der Waals surface area contributed by atoms with Crippen molar-refractivity contribution in [3.8, 4) is 0 Å². The Morgan fingerprint density at radius 2 is 1.75 bits per heavy atom. The van der Waals surface area contributed by atoms with E-state index in [2.05, 4.69) is 15.6 Å². The number of amides is 3. The number of nitrogens with two attached hydrogens (primary N) is 1. The highest BCUT2D eigenvalue weighted by Crippen LogP contribution is 2.26. The van der Waals surface area contributed by atoms with E-state index in [4.69, 9.17) is 10.5 Å². The number of carbonyl (C=O) groups excluding carboxylic acids is 3. The smallest absolute Gasteiger partial charge is 0.250 e. The van der Waals surface area contributed by atoms with Gasteiger partial charge in [0.05, 0.1) is 25.1 Å². The molecule has 0 radical (unpaired) electrons. The first-order valence-corrected chi connectivity index (χ1v) is 13.2. The number of carbonyl (C=O) groups is 3. The third kappa shape index (κ3) is 7.30. The van der Waals surface area contributed by atoms with Gasteiger partial charge in [-0.25, -0.2) is 9.37 Å². The quantitative estimate of drug-likeness (QED) is 0.336. The monoisotopic (exact) mass is 550 g/mol. The third-order valence-corrected chi connectivity index (χ3v) is 6.61. The van der Waals surface area contributed by atoms with Crippen LogP contribution in [0, 0.1) is 5.82 Å². The van der Waals surface area contributed by atoms with Crippen LogP contribution in [0.1, 0.15) is 43.9 Å². The number of ether oxygens (including phenoxy) is 1. The lowest BCUT2D eigenvalue weighted by Gasteiger charge is -2.25. The Labute approximate surface area is 232 Å². The minimum Gasteiger partial charge on any atom is -0.374 e. The number of imidazole rings is 1. The van der Waals surface area contributed by atoms with Gasteiger partial charge in [0.1, 0.15) is 17.9 Å². The number of nitrogens with one attached hydrogen (secondary N) is 2. The molecule has 3 aromatic rings. The zero-order valence-corrected chi connectivity index (χ0v) is 22.7. The topological polar surface area (TPSA) is 132 Å². The second-order valence-corrected chi connectivity index (χ2v) is 10.4. The first kappa shape index (κ1) is 28.9. The van der Waals surface area contributed by atoms with Crippen molar-refractivity contribution in [2.24, 2.45) is 5.73 Å². The molecule has 2 atom stereocenters. The number of likely N-dealkylation sites (tertiary alicyclic amines) is 1. The summed E-state index contributed by atoms with van der Waals surface area (Å²) >= 11 is 0. The number of nitrogens with zero attached hydrogens (tertiary/aromatic N) is 3. The molecular weight excluding hydrogens is 515 g/mol. The number of aromatic nitrogens is 2. The molecule has 1 fully saturated rings. The van der Waals surface area contributed by atoms with E-state index < -0.39 is 35.3 Å². The van der Waals surface area contributed by atoms with Crippen molar-refractivity contribution in [3.63, 3.8) is 0 Å². The molecule has 3 amide bonds. The second kappa shape index (κ2) is 12.8. The van der Waals surface area contributed by atoms with Crippen molar-refractivity contribution in [1.29, 1.82) is 0 Å². The normalized spacial score (nSPS) is 14.9. The molecule has 10 nitrogen and oxygen atoms in total. The largest absolute Gasteiger partial charge is 0.374 e. The Balaban J connectivity index is 1.51. The standard InChI is InChI=1S/C29H35FN6O4/c1-29(2,31)28(39)33-23(18-40-17-20-10-4-3-5-11-20)26(37)34-24-16-36(19-32-24)25(21-12-6-7-13-22(21)30)27(38)35-14-8-9-15-35/h3-7,10-13,16,19,23,25H,8-9,14-15,17-18,31H2,1-2H3,(H,33,39)(H,34,37). The lowest BCUT2D eigenvalue weighted by molar-refractivity contribution is -0.132. The van der Waals surface area contributed by atoms with Crippen LogP contribution in [0.2, 0.25) is 0 Å². The molecule has 212 valence electrons. The van der Waals surface area contributed by atoms with Gasteiger partial charge in [-0.3, -0.25) is 14.4 Å².